The van der Waals surface area contributed by atoms with Gasteiger partial charge < -0.3 is 26.2 Å². The molecule has 0 spiro atoms. The summed E-state index contributed by atoms with van der Waals surface area (Å²) in [6.45, 7) is 16.5. The minimum atomic E-state index is -3.56. The fourth-order valence-electron chi connectivity index (χ4n) is 6.71. The summed E-state index contributed by atoms with van der Waals surface area (Å²) in [7, 11) is -3.56. The first-order chi connectivity index (χ1) is 22.1. The van der Waals surface area contributed by atoms with Crippen LogP contribution in [0.4, 0.5) is 4.79 Å². The molecule has 1 heterocycles. The van der Waals surface area contributed by atoms with Gasteiger partial charge in [0.1, 0.15) is 12.1 Å². The Bertz CT molecular complexity index is 1310. The van der Waals surface area contributed by atoms with Crippen LogP contribution in [0.2, 0.25) is 0 Å². The Balaban J connectivity index is 1.83. The molecule has 3 rings (SSSR count). The highest BCUT2D eigenvalue weighted by atomic mass is 32.2. The summed E-state index contributed by atoms with van der Waals surface area (Å²) in [5.74, 6) is -2.80. The van der Waals surface area contributed by atoms with Crippen LogP contribution in [0.5, 0.6) is 0 Å². The minimum Gasteiger partial charge on any atom is -0.347 e. The van der Waals surface area contributed by atoms with Crippen LogP contribution >= 0.6 is 0 Å². The zero-order valence-electron chi connectivity index (χ0n) is 30.7. The van der Waals surface area contributed by atoms with E-state index in [1.54, 1.807) is 20.8 Å². The second-order valence-corrected chi connectivity index (χ2v) is 19.4. The molecule has 5 amide bonds. The van der Waals surface area contributed by atoms with Crippen molar-refractivity contribution in [1.29, 1.82) is 0 Å². The number of sulfone groups is 1. The number of hydrogen-bond donors (Lipinski definition) is 4. The molecule has 3 fully saturated rings. The number of carbonyl (C=O) groups excluding carboxylic acids is 5. The summed E-state index contributed by atoms with van der Waals surface area (Å²) in [6, 6.07) is -3.57. The third-order valence-electron chi connectivity index (χ3n) is 10.4. The topological polar surface area (TPSA) is 171 Å². The molecule has 12 nitrogen and oxygen atoms in total. The van der Waals surface area contributed by atoms with Crippen LogP contribution in [0, 0.1) is 17.3 Å². The smallest absolute Gasteiger partial charge is 0.315 e. The molecule has 0 aromatic heterocycles. The van der Waals surface area contributed by atoms with Crippen LogP contribution in [-0.4, -0.2) is 89.6 Å². The first-order valence-corrected chi connectivity index (χ1v) is 19.5. The second kappa shape index (κ2) is 15.5. The van der Waals surface area contributed by atoms with Crippen molar-refractivity contribution in [2.24, 2.45) is 17.3 Å². The molecule has 0 unspecified atom stereocenters. The Kier molecular flexibility index (Phi) is 12.8. The average molecular weight is 696 g/mol. The van der Waals surface area contributed by atoms with E-state index in [2.05, 4.69) is 21.3 Å². The first-order valence-electron chi connectivity index (χ1n) is 17.9. The molecule has 0 bridgehead atoms. The van der Waals surface area contributed by atoms with Crippen LogP contribution in [0.15, 0.2) is 0 Å². The third-order valence-corrected chi connectivity index (χ3v) is 13.2. The largest absolute Gasteiger partial charge is 0.347 e. The summed E-state index contributed by atoms with van der Waals surface area (Å²) >= 11 is 0. The van der Waals surface area contributed by atoms with Gasteiger partial charge in [0.25, 0.3) is 5.91 Å². The van der Waals surface area contributed by atoms with Gasteiger partial charge in [0.2, 0.25) is 17.6 Å². The molecule has 3 aliphatic rings. The molecular weight excluding hydrogens is 634 g/mol. The predicted octanol–water partition coefficient (Wildman–Crippen LogP) is 3.62. The Morgan fingerprint density at radius 1 is 0.917 bits per heavy atom. The lowest BCUT2D eigenvalue weighted by Crippen LogP contribution is -2.63. The zero-order valence-corrected chi connectivity index (χ0v) is 31.5. The number of Topliss-reactive ketones (excluding diaryl/α,β-unsaturated/α-hetero) is 1. The summed E-state index contributed by atoms with van der Waals surface area (Å²) < 4.78 is 25.6. The third kappa shape index (κ3) is 9.94. The lowest BCUT2D eigenvalue weighted by Gasteiger charge is -2.41. The molecule has 2 aliphatic carbocycles. The van der Waals surface area contributed by atoms with E-state index in [1.807, 2.05) is 41.5 Å². The normalized spacial score (nSPS) is 24.3. The number of carbonyl (C=O) groups is 5. The fraction of sp³-hybridized carbons (Fsp3) is 0.857. The maximum Gasteiger partial charge on any atom is 0.315 e. The van der Waals surface area contributed by atoms with Crippen LogP contribution in [-0.2, 0) is 29.0 Å². The molecule has 1 aliphatic heterocycles. The summed E-state index contributed by atoms with van der Waals surface area (Å²) in [5, 5.41) is 11.4. The van der Waals surface area contributed by atoms with Crippen LogP contribution < -0.4 is 21.3 Å². The Labute approximate surface area is 288 Å². The number of nitrogens with one attached hydrogen (secondary N) is 4. The van der Waals surface area contributed by atoms with Gasteiger partial charge in [-0.25, -0.2) is 13.2 Å². The standard InChI is InChI=1S/C35H61N5O7S/c1-10-11-15-25(27(41)30(43)36-24-16-17-24)37-29(42)26-23(3)22(2)20-40(26)31(44)28(33(4,5)6)38-32(45)39-35(18-13-12-14-19-35)21-48(46,47)34(7,8)9/h22-26,28H,10-21H2,1-9H3,(H,36,43)(H,37,42)(H2,38,39,45)/t22-,23-,25+,26-,28+/m0/s1. The average Bonchev–Trinajstić information content (AvgIpc) is 3.74. The lowest BCUT2D eigenvalue weighted by atomic mass is 9.83. The quantitative estimate of drug-likeness (QED) is 0.213. The van der Waals surface area contributed by atoms with Crippen molar-refractivity contribution < 1.29 is 32.4 Å². The van der Waals surface area contributed by atoms with E-state index in [4.69, 9.17) is 0 Å². The molecule has 0 radical (unpaired) electrons. The van der Waals surface area contributed by atoms with E-state index in [-0.39, 0.29) is 30.2 Å². The number of urea groups is 1. The minimum absolute atomic E-state index is 0.00251. The van der Waals surface area contributed by atoms with E-state index in [1.165, 1.54) is 4.90 Å². The van der Waals surface area contributed by atoms with Crippen molar-refractivity contribution in [1.82, 2.24) is 26.2 Å². The van der Waals surface area contributed by atoms with Crippen LogP contribution in [0.1, 0.15) is 127 Å². The van der Waals surface area contributed by atoms with Crippen molar-refractivity contribution in [2.45, 2.75) is 161 Å². The van der Waals surface area contributed by atoms with Crippen molar-refractivity contribution in [3.8, 4) is 0 Å². The van der Waals surface area contributed by atoms with E-state index < -0.39 is 73.2 Å². The molecule has 2 saturated carbocycles. The van der Waals surface area contributed by atoms with Gasteiger partial charge in [-0.05, 0) is 70.1 Å². The molecule has 48 heavy (non-hydrogen) atoms. The molecule has 4 N–H and O–H groups in total. The number of hydrogen-bond acceptors (Lipinski definition) is 7. The molecule has 13 heteroatoms. The van der Waals surface area contributed by atoms with Gasteiger partial charge in [-0.3, -0.25) is 19.2 Å². The maximum atomic E-state index is 14.4. The highest BCUT2D eigenvalue weighted by Crippen LogP contribution is 2.34. The van der Waals surface area contributed by atoms with Crippen LogP contribution in [0.25, 0.3) is 0 Å². The van der Waals surface area contributed by atoms with Gasteiger partial charge in [0.15, 0.2) is 9.84 Å². The Morgan fingerprint density at radius 2 is 1.52 bits per heavy atom. The van der Waals surface area contributed by atoms with Gasteiger partial charge in [-0.1, -0.05) is 73.6 Å². The SMILES string of the molecule is CCCC[C@@H](NC(=O)[C@@H]1[C@@H](C)[C@@H](C)CN1C(=O)[C@@H](NC(=O)NC1(CS(=O)(=O)C(C)(C)C)CCCCC1)C(C)(C)C)C(=O)C(=O)NC1CC1. The molecular formula is C35H61N5O7S. The van der Waals surface area contributed by atoms with Crippen molar-refractivity contribution >= 4 is 39.4 Å². The van der Waals surface area contributed by atoms with E-state index in [0.29, 0.717) is 25.7 Å². The zero-order chi connectivity index (χ0) is 36.2. The summed E-state index contributed by atoms with van der Waals surface area (Å²) in [5.41, 5.74) is -1.72. The lowest BCUT2D eigenvalue weighted by molar-refractivity contribution is -0.144. The number of rotatable bonds is 13. The summed E-state index contributed by atoms with van der Waals surface area (Å²) in [4.78, 5) is 69.2. The highest BCUT2D eigenvalue weighted by Gasteiger charge is 2.49. The molecule has 1 saturated heterocycles. The van der Waals surface area contributed by atoms with Crippen molar-refractivity contribution in [3.05, 3.63) is 0 Å². The van der Waals surface area contributed by atoms with Gasteiger partial charge in [-0.2, -0.15) is 0 Å². The molecule has 0 aromatic carbocycles. The number of unbranched alkanes of at least 4 members (excludes halogenated alkanes) is 1. The maximum absolute atomic E-state index is 14.4. The Hall–Kier alpha value is -2.70. The Morgan fingerprint density at radius 3 is 2.04 bits per heavy atom. The molecule has 274 valence electrons. The number of nitrogens with zero attached hydrogens (tertiary/aromatic N) is 1. The van der Waals surface area contributed by atoms with E-state index in [9.17, 15) is 32.4 Å². The predicted molar refractivity (Wildman–Crippen MR) is 186 cm³/mol. The van der Waals surface area contributed by atoms with Gasteiger partial charge in [-0.15, -0.1) is 0 Å². The molecule has 0 aromatic rings. The molecule has 5 atom stereocenters. The van der Waals surface area contributed by atoms with Crippen molar-refractivity contribution in [2.75, 3.05) is 12.3 Å². The van der Waals surface area contributed by atoms with E-state index in [0.717, 1.165) is 38.5 Å². The van der Waals surface area contributed by atoms with Crippen LogP contribution in [0.3, 0.4) is 0 Å². The number of ketones is 1. The van der Waals surface area contributed by atoms with Gasteiger partial charge >= 0.3 is 6.03 Å². The monoisotopic (exact) mass is 695 g/mol. The number of likely N-dealkylation sites (tertiary alicyclic amines) is 1. The summed E-state index contributed by atoms with van der Waals surface area (Å²) in [6.07, 6.45) is 6.93. The van der Waals surface area contributed by atoms with E-state index >= 15 is 0 Å². The van der Waals surface area contributed by atoms with Gasteiger partial charge in [0, 0.05) is 12.6 Å². The van der Waals surface area contributed by atoms with Gasteiger partial charge in [0.05, 0.1) is 22.1 Å². The fourth-order valence-corrected chi connectivity index (χ4v) is 8.23. The highest BCUT2D eigenvalue weighted by molar-refractivity contribution is 7.92. The number of amides is 5. The van der Waals surface area contributed by atoms with Crippen molar-refractivity contribution in [3.63, 3.8) is 0 Å². The second-order valence-electron chi connectivity index (χ2n) is 16.7. The first kappa shape index (κ1) is 39.7.